The van der Waals surface area contributed by atoms with Gasteiger partial charge in [0.25, 0.3) is 5.91 Å². The number of ether oxygens (including phenoxy) is 1. The maximum atomic E-state index is 12.9. The Morgan fingerprint density at radius 3 is 2.63 bits per heavy atom. The molecule has 4 rings (SSSR count). The molecule has 2 aromatic heterocycles. The van der Waals surface area contributed by atoms with Gasteiger partial charge in [-0.05, 0) is 46.1 Å². The summed E-state index contributed by atoms with van der Waals surface area (Å²) in [6, 6.07) is 0. The topological polar surface area (TPSA) is 67.4 Å². The molecule has 2 aliphatic rings. The van der Waals surface area contributed by atoms with Crippen molar-refractivity contribution in [2.24, 2.45) is 0 Å². The predicted molar refractivity (Wildman–Crippen MR) is 108 cm³/mol. The number of nitrogens with one attached hydrogen (secondary N) is 1. The van der Waals surface area contributed by atoms with E-state index in [4.69, 9.17) is 9.72 Å². The van der Waals surface area contributed by atoms with E-state index in [0.29, 0.717) is 12.5 Å². The molecule has 3 heterocycles. The van der Waals surface area contributed by atoms with Gasteiger partial charge in [-0.1, -0.05) is 0 Å². The lowest BCUT2D eigenvalue weighted by molar-refractivity contribution is -0.00922. The van der Waals surface area contributed by atoms with Gasteiger partial charge in [-0.15, -0.1) is 11.3 Å². The molecule has 0 unspecified atom stereocenters. The summed E-state index contributed by atoms with van der Waals surface area (Å²) in [7, 11) is 0. The largest absolute Gasteiger partial charge is 0.379 e. The Kier molecular flexibility index (Phi) is 4.94. The molecule has 2 aromatic rings. The quantitative estimate of drug-likeness (QED) is 0.853. The number of hydrogen-bond acceptors (Lipinski definition) is 6. The summed E-state index contributed by atoms with van der Waals surface area (Å²) in [5.41, 5.74) is 1.89. The van der Waals surface area contributed by atoms with Crippen molar-refractivity contribution >= 4 is 27.5 Å². The van der Waals surface area contributed by atoms with E-state index in [2.05, 4.69) is 29.0 Å². The molecule has 0 atom stereocenters. The maximum Gasteiger partial charge on any atom is 0.261 e. The molecule has 1 saturated heterocycles. The van der Waals surface area contributed by atoms with Crippen molar-refractivity contribution in [1.29, 1.82) is 0 Å². The van der Waals surface area contributed by atoms with Gasteiger partial charge in [-0.3, -0.25) is 9.69 Å². The third-order valence-electron chi connectivity index (χ3n) is 5.69. The van der Waals surface area contributed by atoms with Crippen molar-refractivity contribution in [3.63, 3.8) is 0 Å². The van der Waals surface area contributed by atoms with Gasteiger partial charge in [0.2, 0.25) is 0 Å². The van der Waals surface area contributed by atoms with E-state index in [1.807, 2.05) is 13.8 Å². The Labute approximate surface area is 164 Å². The molecule has 1 saturated carbocycles. The maximum absolute atomic E-state index is 12.9. The minimum Gasteiger partial charge on any atom is -0.379 e. The van der Waals surface area contributed by atoms with Gasteiger partial charge < -0.3 is 10.1 Å². The second-order valence-corrected chi connectivity index (χ2v) is 9.27. The van der Waals surface area contributed by atoms with Gasteiger partial charge >= 0.3 is 0 Å². The number of morpholine rings is 1. The summed E-state index contributed by atoms with van der Waals surface area (Å²) in [5.74, 6) is 1.45. The van der Waals surface area contributed by atoms with Gasteiger partial charge in [0.05, 0.1) is 23.8 Å². The van der Waals surface area contributed by atoms with Gasteiger partial charge in [0.1, 0.15) is 10.7 Å². The highest BCUT2D eigenvalue weighted by molar-refractivity contribution is 7.20. The van der Waals surface area contributed by atoms with Crippen LogP contribution in [0.4, 0.5) is 0 Å². The number of nitrogens with zero attached hydrogens (tertiary/aromatic N) is 3. The third kappa shape index (κ3) is 3.73. The summed E-state index contributed by atoms with van der Waals surface area (Å²) in [6.07, 6.45) is 2.36. The summed E-state index contributed by atoms with van der Waals surface area (Å²) in [4.78, 5) is 26.4. The fourth-order valence-corrected chi connectivity index (χ4v) is 4.91. The van der Waals surface area contributed by atoms with E-state index < -0.39 is 0 Å². The molecule has 1 amide bonds. The zero-order chi connectivity index (χ0) is 19.2. The second-order valence-electron chi connectivity index (χ2n) is 8.27. The first-order valence-corrected chi connectivity index (χ1v) is 10.6. The zero-order valence-electron chi connectivity index (χ0n) is 16.6. The van der Waals surface area contributed by atoms with Crippen LogP contribution in [0.15, 0.2) is 0 Å². The molecule has 0 spiro atoms. The molecular formula is C20H28N4O2S. The molecule has 1 aliphatic heterocycles. The van der Waals surface area contributed by atoms with Crippen LogP contribution < -0.4 is 5.32 Å². The van der Waals surface area contributed by atoms with Crippen LogP contribution in [0.2, 0.25) is 0 Å². The van der Waals surface area contributed by atoms with Crippen LogP contribution in [-0.2, 0) is 4.74 Å². The van der Waals surface area contributed by atoms with Gasteiger partial charge in [-0.25, -0.2) is 9.97 Å². The second kappa shape index (κ2) is 7.11. The van der Waals surface area contributed by atoms with Gasteiger partial charge in [-0.2, -0.15) is 0 Å². The van der Waals surface area contributed by atoms with Crippen molar-refractivity contribution in [1.82, 2.24) is 20.2 Å². The predicted octanol–water partition coefficient (Wildman–Crippen LogP) is 3.03. The Morgan fingerprint density at radius 1 is 1.26 bits per heavy atom. The fourth-order valence-electron chi connectivity index (χ4n) is 3.76. The smallest absolute Gasteiger partial charge is 0.261 e. The minimum absolute atomic E-state index is 0.00999. The first-order chi connectivity index (χ1) is 12.9. The number of carbonyl (C=O) groups excluding carboxylic acids is 1. The third-order valence-corrected chi connectivity index (χ3v) is 6.87. The minimum atomic E-state index is -0.0983. The Morgan fingerprint density at radius 2 is 1.96 bits per heavy atom. The molecule has 2 fully saturated rings. The molecule has 146 valence electrons. The van der Waals surface area contributed by atoms with Crippen molar-refractivity contribution in [3.8, 4) is 0 Å². The number of rotatable bonds is 5. The van der Waals surface area contributed by atoms with Crippen molar-refractivity contribution in [2.75, 3.05) is 32.8 Å². The Balaban J connectivity index is 1.52. The summed E-state index contributed by atoms with van der Waals surface area (Å²) >= 11 is 1.49. The fraction of sp³-hybridized carbons (Fsp3) is 0.650. The first kappa shape index (κ1) is 18.8. The molecule has 1 N–H and O–H groups in total. The molecule has 7 heteroatoms. The first-order valence-electron chi connectivity index (χ1n) is 9.75. The summed E-state index contributed by atoms with van der Waals surface area (Å²) < 4.78 is 5.44. The number of hydrogen-bond donors (Lipinski definition) is 1. The highest BCUT2D eigenvalue weighted by atomic mass is 32.1. The van der Waals surface area contributed by atoms with E-state index >= 15 is 0 Å². The van der Waals surface area contributed by atoms with Crippen LogP contribution in [0, 0.1) is 13.8 Å². The van der Waals surface area contributed by atoms with E-state index in [1.54, 1.807) is 0 Å². The summed E-state index contributed by atoms with van der Waals surface area (Å²) in [5, 5.41) is 4.19. The van der Waals surface area contributed by atoms with E-state index in [1.165, 1.54) is 24.2 Å². The lowest BCUT2D eigenvalue weighted by Gasteiger charge is -2.40. The zero-order valence-corrected chi connectivity index (χ0v) is 17.4. The number of fused-ring (bicyclic) bond motifs is 1. The summed E-state index contributed by atoms with van der Waals surface area (Å²) in [6.45, 7) is 12.3. The molecule has 0 bridgehead atoms. The average molecular weight is 389 g/mol. The normalized spacial score (nSPS) is 18.8. The lowest BCUT2D eigenvalue weighted by atomic mass is 10.0. The van der Waals surface area contributed by atoms with Crippen LogP contribution >= 0.6 is 11.3 Å². The molecular weight excluding hydrogens is 360 g/mol. The number of aryl methyl sites for hydroxylation is 2. The average Bonchev–Trinajstić information content (AvgIpc) is 3.44. The van der Waals surface area contributed by atoms with Gasteiger partial charge in [0, 0.05) is 36.5 Å². The van der Waals surface area contributed by atoms with Crippen molar-refractivity contribution in [2.45, 2.75) is 52.0 Å². The molecule has 6 nitrogen and oxygen atoms in total. The standard InChI is InChI=1S/C20H28N4O2S/c1-12-15-13(2)22-17(14-5-6-14)23-19(15)27-16(12)18(25)21-11-20(3,4)24-7-9-26-10-8-24/h14H,5-11H2,1-4H3,(H,21,25). The highest BCUT2D eigenvalue weighted by Gasteiger charge is 2.30. The van der Waals surface area contributed by atoms with E-state index in [-0.39, 0.29) is 11.4 Å². The Hall–Kier alpha value is -1.57. The Bertz CT molecular complexity index is 866. The van der Waals surface area contributed by atoms with E-state index in [9.17, 15) is 4.79 Å². The lowest BCUT2D eigenvalue weighted by Crippen LogP contribution is -2.55. The highest BCUT2D eigenvalue weighted by Crippen LogP contribution is 2.40. The number of carbonyl (C=O) groups is 1. The SMILES string of the molecule is Cc1nc(C2CC2)nc2sc(C(=O)NCC(C)(C)N3CCOCC3)c(C)c12. The van der Waals surface area contributed by atoms with Crippen LogP contribution in [0.25, 0.3) is 10.2 Å². The van der Waals surface area contributed by atoms with Crippen LogP contribution in [0.5, 0.6) is 0 Å². The monoisotopic (exact) mass is 388 g/mol. The van der Waals surface area contributed by atoms with Crippen molar-refractivity contribution < 1.29 is 9.53 Å². The molecule has 0 aromatic carbocycles. The van der Waals surface area contributed by atoms with E-state index in [0.717, 1.165) is 58.5 Å². The number of thiophene rings is 1. The van der Waals surface area contributed by atoms with Gasteiger partial charge in [0.15, 0.2) is 0 Å². The molecule has 0 radical (unpaired) electrons. The van der Waals surface area contributed by atoms with Crippen LogP contribution in [-0.4, -0.2) is 59.2 Å². The van der Waals surface area contributed by atoms with Crippen molar-refractivity contribution in [3.05, 3.63) is 22.0 Å². The number of amides is 1. The number of aromatic nitrogens is 2. The van der Waals surface area contributed by atoms with Crippen LogP contribution in [0.3, 0.4) is 0 Å². The molecule has 27 heavy (non-hydrogen) atoms. The van der Waals surface area contributed by atoms with Crippen LogP contribution in [0.1, 0.15) is 59.4 Å². The molecule has 1 aliphatic carbocycles.